The van der Waals surface area contributed by atoms with Gasteiger partial charge in [0, 0.05) is 18.2 Å². The lowest BCUT2D eigenvalue weighted by Crippen LogP contribution is -2.14. The molecule has 0 heterocycles. The third-order valence-electron chi connectivity index (χ3n) is 3.29. The molecule has 1 aromatic carbocycles. The van der Waals surface area contributed by atoms with Crippen LogP contribution in [-0.4, -0.2) is 24.0 Å². The van der Waals surface area contributed by atoms with Crippen molar-refractivity contribution in [1.82, 2.24) is 0 Å². The van der Waals surface area contributed by atoms with Gasteiger partial charge in [-0.05, 0) is 31.2 Å². The fourth-order valence-electron chi connectivity index (χ4n) is 1.92. The van der Waals surface area contributed by atoms with Gasteiger partial charge in [-0.25, -0.2) is 0 Å². The summed E-state index contributed by atoms with van der Waals surface area (Å²) in [4.78, 5) is 22.0. The SMILES string of the molecule is CCCNc1c(OCC2CC2)cc(C(N)=O)cc1[N+](=O)[O-]. The molecule has 1 aliphatic carbocycles. The molecule has 1 aromatic rings. The highest BCUT2D eigenvalue weighted by Crippen LogP contribution is 2.38. The molecule has 0 atom stereocenters. The summed E-state index contributed by atoms with van der Waals surface area (Å²) in [6, 6.07) is 2.65. The molecule has 1 fully saturated rings. The van der Waals surface area contributed by atoms with Crippen molar-refractivity contribution in [2.75, 3.05) is 18.5 Å². The Morgan fingerprint density at radius 1 is 1.52 bits per heavy atom. The number of anilines is 1. The van der Waals surface area contributed by atoms with E-state index in [9.17, 15) is 14.9 Å². The van der Waals surface area contributed by atoms with E-state index in [2.05, 4.69) is 5.32 Å². The first-order chi connectivity index (χ1) is 10.0. The predicted molar refractivity (Wildman–Crippen MR) is 78.6 cm³/mol. The Labute approximate surface area is 122 Å². The van der Waals surface area contributed by atoms with Crippen molar-refractivity contribution in [2.24, 2.45) is 11.7 Å². The van der Waals surface area contributed by atoms with Crippen LogP contribution in [0.4, 0.5) is 11.4 Å². The van der Waals surface area contributed by atoms with Gasteiger partial charge in [0.25, 0.3) is 5.69 Å². The summed E-state index contributed by atoms with van der Waals surface area (Å²) < 4.78 is 5.67. The van der Waals surface area contributed by atoms with Crippen LogP contribution in [0.15, 0.2) is 12.1 Å². The molecule has 3 N–H and O–H groups in total. The average Bonchev–Trinajstić information content (AvgIpc) is 3.26. The molecule has 0 aliphatic heterocycles. The second-order valence-electron chi connectivity index (χ2n) is 5.17. The standard InChI is InChI=1S/C14H19N3O4/c1-2-5-16-13-11(17(19)20)6-10(14(15)18)7-12(13)21-8-9-3-4-9/h6-7,9,16H,2-5,8H2,1H3,(H2,15,18). The number of hydrogen-bond acceptors (Lipinski definition) is 5. The van der Waals surface area contributed by atoms with Gasteiger partial charge >= 0.3 is 0 Å². The number of amides is 1. The summed E-state index contributed by atoms with van der Waals surface area (Å²) in [6.07, 6.45) is 3.03. The number of benzene rings is 1. The number of nitro groups is 1. The lowest BCUT2D eigenvalue weighted by atomic mass is 10.1. The Balaban J connectivity index is 2.38. The average molecular weight is 293 g/mol. The van der Waals surface area contributed by atoms with Crippen LogP contribution < -0.4 is 15.8 Å². The summed E-state index contributed by atoms with van der Waals surface area (Å²) in [5.41, 5.74) is 5.43. The molecule has 0 saturated heterocycles. The summed E-state index contributed by atoms with van der Waals surface area (Å²) in [5, 5.41) is 14.2. The molecule has 0 unspecified atom stereocenters. The number of rotatable bonds is 8. The number of nitro benzene ring substituents is 1. The van der Waals surface area contributed by atoms with Gasteiger partial charge in [-0.3, -0.25) is 14.9 Å². The lowest BCUT2D eigenvalue weighted by molar-refractivity contribution is -0.384. The minimum absolute atomic E-state index is 0.0783. The van der Waals surface area contributed by atoms with Crippen molar-refractivity contribution in [3.8, 4) is 5.75 Å². The number of nitrogens with one attached hydrogen (secondary N) is 1. The normalized spacial score (nSPS) is 13.8. The van der Waals surface area contributed by atoms with Gasteiger partial charge in [0.05, 0.1) is 11.5 Å². The van der Waals surface area contributed by atoms with Crippen LogP contribution in [0.25, 0.3) is 0 Å². The van der Waals surface area contributed by atoms with Crippen molar-refractivity contribution in [3.63, 3.8) is 0 Å². The highest BCUT2D eigenvalue weighted by atomic mass is 16.6. The number of hydrogen-bond donors (Lipinski definition) is 2. The molecule has 21 heavy (non-hydrogen) atoms. The van der Waals surface area contributed by atoms with Gasteiger partial charge in [0.1, 0.15) is 5.75 Å². The van der Waals surface area contributed by atoms with E-state index in [1.807, 2.05) is 6.92 Å². The summed E-state index contributed by atoms with van der Waals surface area (Å²) in [7, 11) is 0. The number of carbonyl (C=O) groups is 1. The molecule has 2 rings (SSSR count). The molecule has 7 nitrogen and oxygen atoms in total. The molecule has 1 amide bonds. The first kappa shape index (κ1) is 15.1. The smallest absolute Gasteiger partial charge is 0.296 e. The fourth-order valence-corrected chi connectivity index (χ4v) is 1.92. The van der Waals surface area contributed by atoms with E-state index in [0.29, 0.717) is 30.5 Å². The minimum Gasteiger partial charge on any atom is -0.491 e. The van der Waals surface area contributed by atoms with E-state index in [0.717, 1.165) is 19.3 Å². The van der Waals surface area contributed by atoms with Gasteiger partial charge in [-0.1, -0.05) is 6.92 Å². The van der Waals surface area contributed by atoms with Crippen LogP contribution in [0, 0.1) is 16.0 Å². The van der Waals surface area contributed by atoms with Crippen LogP contribution in [-0.2, 0) is 0 Å². The van der Waals surface area contributed by atoms with E-state index in [4.69, 9.17) is 10.5 Å². The van der Waals surface area contributed by atoms with Crippen molar-refractivity contribution in [2.45, 2.75) is 26.2 Å². The second kappa shape index (κ2) is 6.43. The predicted octanol–water partition coefficient (Wildman–Crippen LogP) is 2.30. The Morgan fingerprint density at radius 2 is 2.24 bits per heavy atom. The number of ether oxygens (including phenoxy) is 1. The maximum atomic E-state index is 11.3. The van der Waals surface area contributed by atoms with Gasteiger partial charge in [-0.2, -0.15) is 0 Å². The van der Waals surface area contributed by atoms with Crippen molar-refractivity contribution >= 4 is 17.3 Å². The highest BCUT2D eigenvalue weighted by molar-refractivity contribution is 5.95. The molecule has 7 heteroatoms. The van der Waals surface area contributed by atoms with E-state index in [1.54, 1.807) is 0 Å². The van der Waals surface area contributed by atoms with Gasteiger partial charge in [0.15, 0.2) is 5.69 Å². The molecule has 0 radical (unpaired) electrons. The molecular formula is C14H19N3O4. The Kier molecular flexibility index (Phi) is 4.62. The molecule has 0 spiro atoms. The summed E-state index contributed by atoms with van der Waals surface area (Å²) in [5.74, 6) is 0.107. The van der Waals surface area contributed by atoms with Crippen LogP contribution in [0.2, 0.25) is 0 Å². The zero-order chi connectivity index (χ0) is 15.4. The molecular weight excluding hydrogens is 274 g/mol. The number of nitrogens with zero attached hydrogens (tertiary/aromatic N) is 1. The van der Waals surface area contributed by atoms with Gasteiger partial charge in [-0.15, -0.1) is 0 Å². The van der Waals surface area contributed by atoms with E-state index in [1.165, 1.54) is 12.1 Å². The summed E-state index contributed by atoms with van der Waals surface area (Å²) in [6.45, 7) is 3.04. The molecule has 1 aliphatic rings. The number of primary amides is 1. The van der Waals surface area contributed by atoms with E-state index in [-0.39, 0.29) is 11.3 Å². The minimum atomic E-state index is -0.712. The van der Waals surface area contributed by atoms with Crippen LogP contribution in [0.5, 0.6) is 5.75 Å². The second-order valence-corrected chi connectivity index (χ2v) is 5.17. The first-order valence-corrected chi connectivity index (χ1v) is 7.01. The Hall–Kier alpha value is -2.31. The molecule has 114 valence electrons. The Morgan fingerprint density at radius 3 is 2.76 bits per heavy atom. The quantitative estimate of drug-likeness (QED) is 0.565. The van der Waals surface area contributed by atoms with Crippen LogP contribution >= 0.6 is 0 Å². The number of nitrogens with two attached hydrogens (primary N) is 1. The van der Waals surface area contributed by atoms with Crippen molar-refractivity contribution in [3.05, 3.63) is 27.8 Å². The first-order valence-electron chi connectivity index (χ1n) is 7.01. The third kappa shape index (κ3) is 3.84. The monoisotopic (exact) mass is 293 g/mol. The molecule has 1 saturated carbocycles. The zero-order valence-electron chi connectivity index (χ0n) is 11.9. The zero-order valence-corrected chi connectivity index (χ0v) is 11.9. The summed E-state index contributed by atoms with van der Waals surface area (Å²) >= 11 is 0. The maximum absolute atomic E-state index is 11.3. The maximum Gasteiger partial charge on any atom is 0.296 e. The van der Waals surface area contributed by atoms with Gasteiger partial charge in [0.2, 0.25) is 5.91 Å². The Bertz CT molecular complexity index is 555. The topological polar surface area (TPSA) is 107 Å². The van der Waals surface area contributed by atoms with Gasteiger partial charge < -0.3 is 15.8 Å². The lowest BCUT2D eigenvalue weighted by Gasteiger charge is -2.14. The van der Waals surface area contributed by atoms with Crippen LogP contribution in [0.1, 0.15) is 36.5 Å². The third-order valence-corrected chi connectivity index (χ3v) is 3.29. The molecule has 0 bridgehead atoms. The van der Waals surface area contributed by atoms with E-state index >= 15 is 0 Å². The highest BCUT2D eigenvalue weighted by Gasteiger charge is 2.26. The largest absolute Gasteiger partial charge is 0.491 e. The van der Waals surface area contributed by atoms with Crippen LogP contribution in [0.3, 0.4) is 0 Å². The number of carbonyl (C=O) groups excluding carboxylic acids is 1. The van der Waals surface area contributed by atoms with Crippen molar-refractivity contribution in [1.29, 1.82) is 0 Å². The molecule has 0 aromatic heterocycles. The van der Waals surface area contributed by atoms with E-state index < -0.39 is 10.8 Å². The van der Waals surface area contributed by atoms with Crippen molar-refractivity contribution < 1.29 is 14.5 Å². The fraction of sp³-hybridized carbons (Fsp3) is 0.500.